The van der Waals surface area contributed by atoms with Crippen molar-refractivity contribution in [1.29, 1.82) is 0 Å². The predicted octanol–water partition coefficient (Wildman–Crippen LogP) is 3.75. The minimum Gasteiger partial charge on any atom is -0.493 e. The summed E-state index contributed by atoms with van der Waals surface area (Å²) in [6, 6.07) is 5.61. The molecule has 0 saturated carbocycles. The molecule has 1 aliphatic rings. The smallest absolute Gasteiger partial charge is 0.230 e. The van der Waals surface area contributed by atoms with Gasteiger partial charge in [0.2, 0.25) is 5.91 Å². The molecule has 1 aliphatic heterocycles. The third kappa shape index (κ3) is 5.07. The number of carbonyl (C=O) groups is 1. The summed E-state index contributed by atoms with van der Waals surface area (Å²) < 4.78 is 11.7. The van der Waals surface area contributed by atoms with Gasteiger partial charge in [0.15, 0.2) is 22.3 Å². The minimum absolute atomic E-state index is 0.0820. The fraction of sp³-hybridized carbons (Fsp3) is 0.455. The van der Waals surface area contributed by atoms with Gasteiger partial charge >= 0.3 is 0 Å². The molecule has 3 heterocycles. The minimum atomic E-state index is -0.0820. The Morgan fingerprint density at radius 1 is 1.25 bits per heavy atom. The van der Waals surface area contributed by atoms with Crippen LogP contribution < -0.4 is 19.7 Å². The highest BCUT2D eigenvalue weighted by atomic mass is 32.2. The third-order valence-corrected chi connectivity index (χ3v) is 7.73. The van der Waals surface area contributed by atoms with Gasteiger partial charge in [-0.25, -0.2) is 9.97 Å². The molecule has 0 atom stereocenters. The van der Waals surface area contributed by atoms with Gasteiger partial charge in [0, 0.05) is 25.2 Å². The number of piperidine rings is 1. The maximum absolute atomic E-state index is 12.5. The number of aromatic nitrogens is 3. The van der Waals surface area contributed by atoms with Crippen LogP contribution in [0, 0.1) is 5.92 Å². The lowest BCUT2D eigenvalue weighted by Gasteiger charge is -2.29. The molecule has 32 heavy (non-hydrogen) atoms. The Morgan fingerprint density at radius 3 is 2.81 bits per heavy atom. The highest BCUT2D eigenvalue weighted by Crippen LogP contribution is 2.35. The lowest BCUT2D eigenvalue weighted by molar-refractivity contribution is -0.118. The van der Waals surface area contributed by atoms with Crippen molar-refractivity contribution in [3.63, 3.8) is 0 Å². The van der Waals surface area contributed by atoms with Gasteiger partial charge in [-0.15, -0.1) is 0 Å². The van der Waals surface area contributed by atoms with Crippen LogP contribution in [0.15, 0.2) is 29.6 Å². The molecule has 1 aromatic carbocycles. The molecule has 2 aromatic heterocycles. The Labute approximate surface area is 195 Å². The average molecular weight is 474 g/mol. The second-order valence-electron chi connectivity index (χ2n) is 7.72. The number of amides is 1. The van der Waals surface area contributed by atoms with E-state index in [4.69, 9.17) is 14.5 Å². The van der Waals surface area contributed by atoms with Gasteiger partial charge in [0.25, 0.3) is 0 Å². The number of para-hydroxylation sites is 1. The van der Waals surface area contributed by atoms with Crippen LogP contribution in [-0.2, 0) is 11.3 Å². The topological polar surface area (TPSA) is 89.5 Å². The van der Waals surface area contributed by atoms with Crippen molar-refractivity contribution in [2.24, 2.45) is 5.92 Å². The predicted molar refractivity (Wildman–Crippen MR) is 128 cm³/mol. The van der Waals surface area contributed by atoms with E-state index in [0.29, 0.717) is 23.7 Å². The number of rotatable bonds is 8. The number of thioether (sulfide) groups is 1. The molecule has 0 aliphatic carbocycles. The Hall–Kier alpha value is -2.59. The van der Waals surface area contributed by atoms with E-state index >= 15 is 0 Å². The number of anilines is 1. The fourth-order valence-electron chi connectivity index (χ4n) is 3.63. The SMILES string of the molecule is COc1cccc(CNC(=O)CSc2ncnc3nc(N4CCC(C)CC4)sc23)c1OC. The number of nitrogens with one attached hydrogen (secondary N) is 1. The van der Waals surface area contributed by atoms with Crippen molar-refractivity contribution in [3.05, 3.63) is 30.1 Å². The van der Waals surface area contributed by atoms with E-state index in [9.17, 15) is 4.79 Å². The van der Waals surface area contributed by atoms with E-state index in [1.54, 1.807) is 25.6 Å². The van der Waals surface area contributed by atoms with Gasteiger partial charge in [-0.3, -0.25) is 4.79 Å². The summed E-state index contributed by atoms with van der Waals surface area (Å²) in [5, 5.41) is 4.72. The Balaban J connectivity index is 1.38. The molecule has 0 spiro atoms. The van der Waals surface area contributed by atoms with E-state index in [0.717, 1.165) is 39.4 Å². The molecule has 8 nitrogen and oxygen atoms in total. The number of benzene rings is 1. The molecule has 3 aromatic rings. The molecule has 1 amide bonds. The molecule has 1 saturated heterocycles. The van der Waals surface area contributed by atoms with Crippen LogP contribution in [0.3, 0.4) is 0 Å². The summed E-state index contributed by atoms with van der Waals surface area (Å²) in [6.45, 7) is 4.70. The van der Waals surface area contributed by atoms with Crippen LogP contribution >= 0.6 is 23.1 Å². The quantitative estimate of drug-likeness (QED) is 0.391. The first kappa shape index (κ1) is 22.6. The van der Waals surface area contributed by atoms with Crippen LogP contribution in [0.25, 0.3) is 10.3 Å². The summed E-state index contributed by atoms with van der Waals surface area (Å²) in [7, 11) is 3.18. The number of methoxy groups -OCH3 is 2. The van der Waals surface area contributed by atoms with Crippen LogP contribution in [0.1, 0.15) is 25.3 Å². The first-order valence-electron chi connectivity index (χ1n) is 10.5. The molecule has 1 N–H and O–H groups in total. The summed E-state index contributed by atoms with van der Waals surface area (Å²) >= 11 is 3.01. The summed E-state index contributed by atoms with van der Waals surface area (Å²) in [5.74, 6) is 2.21. The maximum atomic E-state index is 12.5. The fourth-order valence-corrected chi connectivity index (χ4v) is 5.60. The first-order chi connectivity index (χ1) is 15.6. The molecule has 4 rings (SSSR count). The van der Waals surface area contributed by atoms with Gasteiger partial charge in [0.05, 0.1) is 20.0 Å². The normalized spacial score (nSPS) is 14.5. The molecule has 10 heteroatoms. The number of fused-ring (bicyclic) bond motifs is 1. The van der Waals surface area contributed by atoms with Crippen LogP contribution in [0.5, 0.6) is 11.5 Å². The monoisotopic (exact) mass is 473 g/mol. The van der Waals surface area contributed by atoms with Gasteiger partial charge in [-0.1, -0.05) is 42.2 Å². The molecule has 0 unspecified atom stereocenters. The Kier molecular flexibility index (Phi) is 7.31. The van der Waals surface area contributed by atoms with E-state index in [2.05, 4.69) is 27.1 Å². The number of hydrogen-bond donors (Lipinski definition) is 1. The first-order valence-corrected chi connectivity index (χ1v) is 12.3. The van der Waals surface area contributed by atoms with Crippen LogP contribution in [0.2, 0.25) is 0 Å². The third-order valence-electron chi connectivity index (χ3n) is 5.50. The Morgan fingerprint density at radius 2 is 2.06 bits per heavy atom. The lowest BCUT2D eigenvalue weighted by Crippen LogP contribution is -2.32. The standard InChI is InChI=1S/C22H27N5O3S2/c1-14-7-9-27(10-8-14)22-26-20-19(32-22)21(25-13-24-20)31-12-17(28)23-11-15-5-4-6-16(29-2)18(15)30-3/h4-6,13-14H,7-12H2,1-3H3,(H,23,28). The molecular formula is C22H27N5O3S2. The van der Waals surface area contributed by atoms with Crippen molar-refractivity contribution in [2.45, 2.75) is 31.3 Å². The van der Waals surface area contributed by atoms with Crippen molar-refractivity contribution in [2.75, 3.05) is 38.0 Å². The van der Waals surface area contributed by atoms with Crippen LogP contribution in [-0.4, -0.2) is 53.9 Å². The maximum Gasteiger partial charge on any atom is 0.230 e. The van der Waals surface area contributed by atoms with Gasteiger partial charge in [-0.05, 0) is 24.8 Å². The number of hydrogen-bond acceptors (Lipinski definition) is 9. The van der Waals surface area contributed by atoms with Crippen molar-refractivity contribution < 1.29 is 14.3 Å². The molecule has 1 fully saturated rings. The van der Waals surface area contributed by atoms with Gasteiger partial charge < -0.3 is 19.7 Å². The Bertz CT molecular complexity index is 1080. The molecule has 170 valence electrons. The van der Waals surface area contributed by atoms with E-state index in [1.165, 1.54) is 30.9 Å². The zero-order chi connectivity index (χ0) is 22.5. The van der Waals surface area contributed by atoms with E-state index in [1.807, 2.05) is 18.2 Å². The highest BCUT2D eigenvalue weighted by molar-refractivity contribution is 8.00. The molecule has 0 radical (unpaired) electrons. The zero-order valence-corrected chi connectivity index (χ0v) is 20.1. The second kappa shape index (κ2) is 10.4. The largest absolute Gasteiger partial charge is 0.493 e. The average Bonchev–Trinajstić information content (AvgIpc) is 3.26. The summed E-state index contributed by atoms with van der Waals surface area (Å²) in [4.78, 5) is 28.3. The molecule has 0 bridgehead atoms. The molecular weight excluding hydrogens is 446 g/mol. The van der Waals surface area contributed by atoms with E-state index in [-0.39, 0.29) is 11.7 Å². The zero-order valence-electron chi connectivity index (χ0n) is 18.5. The second-order valence-corrected chi connectivity index (χ2v) is 9.66. The highest BCUT2D eigenvalue weighted by Gasteiger charge is 2.21. The van der Waals surface area contributed by atoms with Gasteiger partial charge in [-0.2, -0.15) is 4.98 Å². The number of carbonyl (C=O) groups excluding carboxylic acids is 1. The summed E-state index contributed by atoms with van der Waals surface area (Å²) in [6.07, 6.45) is 3.88. The number of thiazole rings is 1. The van der Waals surface area contributed by atoms with Crippen LogP contribution in [0.4, 0.5) is 5.13 Å². The lowest BCUT2D eigenvalue weighted by atomic mass is 10.00. The van der Waals surface area contributed by atoms with Crippen molar-refractivity contribution >= 4 is 44.5 Å². The van der Waals surface area contributed by atoms with Crippen molar-refractivity contribution in [3.8, 4) is 11.5 Å². The summed E-state index contributed by atoms with van der Waals surface area (Å²) in [5.41, 5.74) is 1.56. The number of ether oxygens (including phenoxy) is 2. The number of nitrogens with zero attached hydrogens (tertiary/aromatic N) is 4. The van der Waals surface area contributed by atoms with Crippen molar-refractivity contribution in [1.82, 2.24) is 20.3 Å². The van der Waals surface area contributed by atoms with Gasteiger partial charge in [0.1, 0.15) is 16.1 Å². The van der Waals surface area contributed by atoms with E-state index < -0.39 is 0 Å².